The van der Waals surface area contributed by atoms with Crippen molar-refractivity contribution >= 4 is 22.1 Å². The lowest BCUT2D eigenvalue weighted by atomic mass is 10.2. The molecule has 0 bridgehead atoms. The van der Waals surface area contributed by atoms with Gasteiger partial charge in [-0.15, -0.1) is 0 Å². The number of aromatic amines is 1. The van der Waals surface area contributed by atoms with Crippen LogP contribution in [0.4, 0.5) is 0 Å². The number of para-hydroxylation sites is 1. The number of rotatable bonds is 1. The summed E-state index contributed by atoms with van der Waals surface area (Å²) in [6.45, 7) is 0. The van der Waals surface area contributed by atoms with Gasteiger partial charge in [0.2, 0.25) is 0 Å². The molecule has 0 saturated carbocycles. The van der Waals surface area contributed by atoms with E-state index < -0.39 is 0 Å². The third-order valence-electron chi connectivity index (χ3n) is 3.62. The van der Waals surface area contributed by atoms with Gasteiger partial charge in [-0.2, -0.15) is 0 Å². The summed E-state index contributed by atoms with van der Waals surface area (Å²) < 4.78 is 3.36. The first-order valence-corrected chi connectivity index (χ1v) is 6.36. The molecule has 3 heterocycles. The molecule has 0 spiro atoms. The minimum atomic E-state index is -0.0679. The minimum Gasteiger partial charge on any atom is -0.346 e. The van der Waals surface area contributed by atoms with Gasteiger partial charge in [-0.05, 0) is 18.2 Å². The van der Waals surface area contributed by atoms with E-state index in [0.717, 1.165) is 27.8 Å². The molecule has 0 aliphatic rings. The highest BCUT2D eigenvalue weighted by atomic mass is 16.1. The van der Waals surface area contributed by atoms with Crippen molar-refractivity contribution in [2.45, 2.75) is 0 Å². The van der Waals surface area contributed by atoms with Gasteiger partial charge < -0.3 is 4.98 Å². The van der Waals surface area contributed by atoms with Crippen LogP contribution in [0.3, 0.4) is 0 Å². The Kier molecular flexibility index (Phi) is 2.12. The molecule has 0 fully saturated rings. The fourth-order valence-electron chi connectivity index (χ4n) is 2.63. The summed E-state index contributed by atoms with van der Waals surface area (Å²) in [5.41, 5.74) is 3.28. The standard InChI is InChI=1S/C15H12N4O/c1-18-12-9-17-14-11(7-8-16-14)13(12)19(15(18)20)10-5-3-2-4-6-10/h2-9H,1H3,(H,16,17). The van der Waals surface area contributed by atoms with Gasteiger partial charge in [0.25, 0.3) is 0 Å². The second-order valence-electron chi connectivity index (χ2n) is 4.74. The van der Waals surface area contributed by atoms with Crippen molar-refractivity contribution in [2.24, 2.45) is 7.05 Å². The van der Waals surface area contributed by atoms with Crippen molar-refractivity contribution in [2.75, 3.05) is 0 Å². The van der Waals surface area contributed by atoms with Crippen molar-refractivity contribution in [1.82, 2.24) is 19.1 Å². The van der Waals surface area contributed by atoms with Gasteiger partial charge in [-0.3, -0.25) is 9.13 Å². The molecule has 0 unspecified atom stereocenters. The molecule has 0 aliphatic heterocycles. The average Bonchev–Trinajstić information content (AvgIpc) is 3.04. The largest absolute Gasteiger partial charge is 0.346 e. The molecule has 4 aromatic rings. The Balaban J connectivity index is 2.27. The molecule has 0 atom stereocenters. The fourth-order valence-corrected chi connectivity index (χ4v) is 2.63. The van der Waals surface area contributed by atoms with Crippen molar-refractivity contribution in [3.8, 4) is 5.69 Å². The van der Waals surface area contributed by atoms with Crippen LogP contribution in [-0.4, -0.2) is 19.1 Å². The maximum atomic E-state index is 12.5. The second kappa shape index (κ2) is 3.84. The summed E-state index contributed by atoms with van der Waals surface area (Å²) in [6, 6.07) is 11.6. The number of fused-ring (bicyclic) bond motifs is 3. The van der Waals surface area contributed by atoms with Crippen LogP contribution in [0.25, 0.3) is 27.8 Å². The number of nitrogens with zero attached hydrogens (tertiary/aromatic N) is 3. The number of H-pyrrole nitrogens is 1. The SMILES string of the molecule is Cn1c(=O)n(-c2ccccc2)c2c3cc[nH]c3ncc21. The number of nitrogens with one attached hydrogen (secondary N) is 1. The fraction of sp³-hybridized carbons (Fsp3) is 0.0667. The van der Waals surface area contributed by atoms with Gasteiger partial charge in [0.05, 0.1) is 22.9 Å². The molecule has 0 radical (unpaired) electrons. The first kappa shape index (κ1) is 11.0. The zero-order valence-electron chi connectivity index (χ0n) is 10.9. The molecule has 5 heteroatoms. The van der Waals surface area contributed by atoms with Gasteiger partial charge in [0.15, 0.2) is 0 Å². The monoisotopic (exact) mass is 264 g/mol. The predicted octanol–water partition coefficient (Wildman–Crippen LogP) is 2.21. The van der Waals surface area contributed by atoms with Crippen LogP contribution >= 0.6 is 0 Å². The summed E-state index contributed by atoms with van der Waals surface area (Å²) in [5, 5.41) is 0.948. The molecule has 0 aliphatic carbocycles. The van der Waals surface area contributed by atoms with Crippen LogP contribution in [0.5, 0.6) is 0 Å². The topological polar surface area (TPSA) is 55.6 Å². The number of pyridine rings is 1. The van der Waals surface area contributed by atoms with E-state index in [1.54, 1.807) is 22.4 Å². The summed E-state index contributed by atoms with van der Waals surface area (Å²) >= 11 is 0. The highest BCUT2D eigenvalue weighted by Gasteiger charge is 2.15. The van der Waals surface area contributed by atoms with E-state index >= 15 is 0 Å². The zero-order chi connectivity index (χ0) is 13.7. The second-order valence-corrected chi connectivity index (χ2v) is 4.74. The lowest BCUT2D eigenvalue weighted by Gasteiger charge is -2.03. The molecule has 0 amide bonds. The third kappa shape index (κ3) is 1.31. The molecule has 5 nitrogen and oxygen atoms in total. The smallest absolute Gasteiger partial charge is 0.333 e. The van der Waals surface area contributed by atoms with Crippen molar-refractivity contribution in [3.05, 3.63) is 59.3 Å². The van der Waals surface area contributed by atoms with Gasteiger partial charge in [-0.1, -0.05) is 18.2 Å². The predicted molar refractivity (Wildman–Crippen MR) is 78.2 cm³/mol. The van der Waals surface area contributed by atoms with Crippen LogP contribution in [-0.2, 0) is 7.05 Å². The van der Waals surface area contributed by atoms with Gasteiger partial charge in [0, 0.05) is 18.6 Å². The number of aryl methyl sites for hydroxylation is 1. The van der Waals surface area contributed by atoms with E-state index in [9.17, 15) is 4.79 Å². The summed E-state index contributed by atoms with van der Waals surface area (Å²) in [7, 11) is 1.77. The van der Waals surface area contributed by atoms with Crippen molar-refractivity contribution in [1.29, 1.82) is 0 Å². The Morgan fingerprint density at radius 2 is 1.95 bits per heavy atom. The van der Waals surface area contributed by atoms with Crippen LogP contribution in [0.2, 0.25) is 0 Å². The van der Waals surface area contributed by atoms with E-state index in [2.05, 4.69) is 9.97 Å². The summed E-state index contributed by atoms with van der Waals surface area (Å²) in [5.74, 6) is 0. The highest BCUT2D eigenvalue weighted by molar-refractivity contribution is 6.01. The molecule has 3 aromatic heterocycles. The van der Waals surface area contributed by atoms with E-state index in [-0.39, 0.29) is 5.69 Å². The lowest BCUT2D eigenvalue weighted by Crippen LogP contribution is -2.20. The Bertz CT molecular complexity index is 976. The van der Waals surface area contributed by atoms with Crippen LogP contribution in [0, 0.1) is 0 Å². The highest BCUT2D eigenvalue weighted by Crippen LogP contribution is 2.24. The molecular weight excluding hydrogens is 252 g/mol. The minimum absolute atomic E-state index is 0.0679. The summed E-state index contributed by atoms with van der Waals surface area (Å²) in [4.78, 5) is 20.0. The normalized spacial score (nSPS) is 11.4. The zero-order valence-corrected chi connectivity index (χ0v) is 10.9. The number of hydrogen-bond acceptors (Lipinski definition) is 2. The van der Waals surface area contributed by atoms with E-state index in [1.807, 2.05) is 42.6 Å². The molecular formula is C15H12N4O. The molecule has 20 heavy (non-hydrogen) atoms. The maximum absolute atomic E-state index is 12.5. The first-order chi connectivity index (χ1) is 9.77. The van der Waals surface area contributed by atoms with E-state index in [1.165, 1.54) is 0 Å². The Labute approximate surface area is 114 Å². The van der Waals surface area contributed by atoms with Gasteiger partial charge in [0.1, 0.15) is 5.65 Å². The molecule has 98 valence electrons. The quantitative estimate of drug-likeness (QED) is 0.573. The Morgan fingerprint density at radius 1 is 1.15 bits per heavy atom. The Morgan fingerprint density at radius 3 is 2.75 bits per heavy atom. The number of aromatic nitrogens is 4. The van der Waals surface area contributed by atoms with Gasteiger partial charge >= 0.3 is 5.69 Å². The third-order valence-corrected chi connectivity index (χ3v) is 3.62. The summed E-state index contributed by atoms with van der Waals surface area (Å²) in [6.07, 6.45) is 3.57. The van der Waals surface area contributed by atoms with Crippen molar-refractivity contribution < 1.29 is 0 Å². The molecule has 0 saturated heterocycles. The lowest BCUT2D eigenvalue weighted by molar-refractivity contribution is 0.846. The van der Waals surface area contributed by atoms with Crippen LogP contribution < -0.4 is 5.69 Å². The van der Waals surface area contributed by atoms with E-state index in [4.69, 9.17) is 0 Å². The first-order valence-electron chi connectivity index (χ1n) is 6.36. The number of hydrogen-bond donors (Lipinski definition) is 1. The molecule has 1 N–H and O–H groups in total. The van der Waals surface area contributed by atoms with Crippen LogP contribution in [0.15, 0.2) is 53.6 Å². The average molecular weight is 264 g/mol. The van der Waals surface area contributed by atoms with E-state index in [0.29, 0.717) is 0 Å². The molecule has 4 rings (SSSR count). The number of imidazole rings is 1. The maximum Gasteiger partial charge on any atom is 0.333 e. The Hall–Kier alpha value is -2.82. The van der Waals surface area contributed by atoms with Crippen molar-refractivity contribution in [3.63, 3.8) is 0 Å². The van der Waals surface area contributed by atoms with Crippen LogP contribution in [0.1, 0.15) is 0 Å². The van der Waals surface area contributed by atoms with Gasteiger partial charge in [-0.25, -0.2) is 9.78 Å². The molecule has 1 aromatic carbocycles. The number of benzene rings is 1.